The van der Waals surface area contributed by atoms with Crippen molar-refractivity contribution in [2.75, 3.05) is 0 Å². The number of nitrogens with zero attached hydrogens (tertiary/aromatic N) is 4. The van der Waals surface area contributed by atoms with Crippen molar-refractivity contribution >= 4 is 54.5 Å². The van der Waals surface area contributed by atoms with Gasteiger partial charge in [0.1, 0.15) is 11.2 Å². The Morgan fingerprint density at radius 3 is 1.42 bits per heavy atom. The van der Waals surface area contributed by atoms with Gasteiger partial charge in [0.2, 0.25) is 0 Å². The largest absolute Gasteiger partial charge is 0.456 e. The molecule has 0 saturated carbocycles. The van der Waals surface area contributed by atoms with Crippen molar-refractivity contribution in [3.8, 4) is 84.4 Å². The lowest BCUT2D eigenvalue weighted by atomic mass is 9.96. The second-order valence-electron chi connectivity index (χ2n) is 18.3. The molecule has 0 spiro atoms. The minimum atomic E-state index is 0.562. The van der Waals surface area contributed by atoms with E-state index in [0.717, 1.165) is 88.7 Å². The second kappa shape index (κ2) is 17.1. The number of fused-ring (bicyclic) bond motifs is 7. The maximum atomic E-state index is 6.59. The number of benzene rings is 11. The summed E-state index contributed by atoms with van der Waals surface area (Å²) in [4.78, 5) is 16.4. The van der Waals surface area contributed by atoms with Crippen LogP contribution in [0.25, 0.3) is 139 Å². The molecule has 0 aliphatic carbocycles. The first kappa shape index (κ1) is 41.3. The number of aromatic nitrogens is 4. The Kier molecular flexibility index (Phi) is 9.78. The molecule has 0 aliphatic heterocycles. The zero-order valence-electron chi connectivity index (χ0n) is 38.9. The summed E-state index contributed by atoms with van der Waals surface area (Å²) >= 11 is 0. The van der Waals surface area contributed by atoms with E-state index in [1.807, 2.05) is 24.3 Å². The quantitative estimate of drug-likeness (QED) is 0.152. The molecular weight excluding hydrogens is 877 g/mol. The van der Waals surface area contributed by atoms with Crippen LogP contribution in [-0.4, -0.2) is 19.5 Å². The highest BCUT2D eigenvalue weighted by Gasteiger charge is 2.23. The van der Waals surface area contributed by atoms with Crippen LogP contribution >= 0.6 is 0 Å². The number of hydrogen-bond donors (Lipinski definition) is 0. The second-order valence-corrected chi connectivity index (χ2v) is 18.3. The van der Waals surface area contributed by atoms with Gasteiger partial charge in [-0.05, 0) is 110 Å². The molecule has 336 valence electrons. The molecule has 0 aliphatic rings. The fourth-order valence-electron chi connectivity index (χ4n) is 10.7. The first-order valence-corrected chi connectivity index (χ1v) is 24.3. The molecule has 0 atom stereocenters. The van der Waals surface area contributed by atoms with Crippen molar-refractivity contribution in [2.24, 2.45) is 0 Å². The summed E-state index contributed by atoms with van der Waals surface area (Å²) in [6, 6.07) is 90.0. The highest BCUT2D eigenvalue weighted by molar-refractivity contribution is 6.19. The third kappa shape index (κ3) is 6.98. The number of hydrogen-bond acceptors (Lipinski definition) is 4. The van der Waals surface area contributed by atoms with Gasteiger partial charge in [0.05, 0.1) is 11.0 Å². The lowest BCUT2D eigenvalue weighted by molar-refractivity contribution is 0.669. The van der Waals surface area contributed by atoms with E-state index in [1.165, 1.54) is 32.7 Å². The van der Waals surface area contributed by atoms with Crippen LogP contribution < -0.4 is 0 Å². The van der Waals surface area contributed by atoms with E-state index in [2.05, 4.69) is 235 Å². The van der Waals surface area contributed by atoms with Gasteiger partial charge >= 0.3 is 0 Å². The van der Waals surface area contributed by atoms with Gasteiger partial charge in [0.15, 0.2) is 17.5 Å². The summed E-state index contributed by atoms with van der Waals surface area (Å²) in [5.74, 6) is 1.73. The van der Waals surface area contributed by atoms with Crippen LogP contribution in [0.4, 0.5) is 0 Å². The van der Waals surface area contributed by atoms with Crippen LogP contribution in [0.1, 0.15) is 0 Å². The highest BCUT2D eigenvalue weighted by atomic mass is 16.3. The summed E-state index contributed by atoms with van der Waals surface area (Å²) < 4.78 is 9.02. The smallest absolute Gasteiger partial charge is 0.164 e. The minimum Gasteiger partial charge on any atom is -0.456 e. The van der Waals surface area contributed by atoms with Gasteiger partial charge in [-0.2, -0.15) is 0 Å². The summed E-state index contributed by atoms with van der Waals surface area (Å²) in [7, 11) is 0. The maximum absolute atomic E-state index is 6.59. The zero-order chi connectivity index (χ0) is 47.5. The standard InChI is InChI=1S/C67H42N4O/c1-4-19-43(20-5-1)50-27-12-14-30-55(50)65-68-66(56-31-15-13-28-51(56)44-21-6-2-7-22-44)70-67(69-65)57-38-36-49(42-58(57)48-35-37-54-53-29-16-17-34-62(53)72-63(54)41-48)71-60-33-18-32-52(45-23-8-3-9-24-45)64(60)59-39-46-25-10-11-26-47(46)40-61(59)71/h1-42H. The van der Waals surface area contributed by atoms with Gasteiger partial charge in [0.25, 0.3) is 0 Å². The Bertz CT molecular complexity index is 4280. The van der Waals surface area contributed by atoms with Crippen molar-refractivity contribution in [2.45, 2.75) is 0 Å². The summed E-state index contributed by atoms with van der Waals surface area (Å²) in [6.45, 7) is 0. The van der Waals surface area contributed by atoms with E-state index < -0.39 is 0 Å². The topological polar surface area (TPSA) is 56.7 Å². The van der Waals surface area contributed by atoms with Gasteiger partial charge in [0, 0.05) is 43.9 Å². The summed E-state index contributed by atoms with van der Waals surface area (Å²) in [5, 5.41) is 6.93. The molecule has 0 saturated heterocycles. The van der Waals surface area contributed by atoms with Crippen LogP contribution in [0.3, 0.4) is 0 Å². The van der Waals surface area contributed by atoms with E-state index in [1.54, 1.807) is 0 Å². The van der Waals surface area contributed by atoms with Gasteiger partial charge < -0.3 is 8.98 Å². The zero-order valence-corrected chi connectivity index (χ0v) is 38.9. The Labute approximate surface area is 415 Å². The normalized spacial score (nSPS) is 11.6. The third-order valence-corrected chi connectivity index (χ3v) is 14.1. The molecule has 0 unspecified atom stereocenters. The van der Waals surface area contributed by atoms with E-state index in [9.17, 15) is 0 Å². The fourth-order valence-corrected chi connectivity index (χ4v) is 10.7. The average molecular weight is 919 g/mol. The van der Waals surface area contributed by atoms with E-state index >= 15 is 0 Å². The minimum absolute atomic E-state index is 0.562. The van der Waals surface area contributed by atoms with Gasteiger partial charge in [-0.25, -0.2) is 15.0 Å². The van der Waals surface area contributed by atoms with Gasteiger partial charge in [-0.1, -0.05) is 200 Å². The highest BCUT2D eigenvalue weighted by Crippen LogP contribution is 2.44. The molecule has 11 aromatic carbocycles. The van der Waals surface area contributed by atoms with E-state index in [0.29, 0.717) is 17.5 Å². The van der Waals surface area contributed by atoms with Gasteiger partial charge in [-0.3, -0.25) is 0 Å². The van der Waals surface area contributed by atoms with Crippen molar-refractivity contribution in [3.05, 3.63) is 255 Å². The Morgan fingerprint density at radius 2 is 0.778 bits per heavy atom. The van der Waals surface area contributed by atoms with Crippen LogP contribution in [0.5, 0.6) is 0 Å². The van der Waals surface area contributed by atoms with E-state index in [-0.39, 0.29) is 0 Å². The predicted molar refractivity (Wildman–Crippen MR) is 297 cm³/mol. The van der Waals surface area contributed by atoms with Crippen LogP contribution in [-0.2, 0) is 0 Å². The average Bonchev–Trinajstić information content (AvgIpc) is 4.00. The van der Waals surface area contributed by atoms with Gasteiger partial charge in [-0.15, -0.1) is 0 Å². The van der Waals surface area contributed by atoms with Crippen LogP contribution in [0.15, 0.2) is 259 Å². The molecule has 14 aromatic rings. The molecule has 0 N–H and O–H groups in total. The Morgan fingerprint density at radius 1 is 0.278 bits per heavy atom. The lowest BCUT2D eigenvalue weighted by Crippen LogP contribution is -2.03. The SMILES string of the molecule is c1ccc(-c2ccccc2-c2nc(-c3ccccc3-c3ccccc3)nc(-c3ccc(-n4c5cc6ccccc6cc5c5c(-c6ccccc6)cccc54)cc3-c3ccc4c(c3)oc3ccccc34)n2)cc1. The lowest BCUT2D eigenvalue weighted by Gasteiger charge is -2.17. The first-order valence-electron chi connectivity index (χ1n) is 24.3. The van der Waals surface area contributed by atoms with Crippen molar-refractivity contribution in [1.82, 2.24) is 19.5 Å². The number of para-hydroxylation sites is 1. The number of rotatable bonds is 8. The molecule has 14 rings (SSSR count). The summed E-state index contributed by atoms with van der Waals surface area (Å²) in [6.07, 6.45) is 0. The molecule has 0 amide bonds. The third-order valence-electron chi connectivity index (χ3n) is 14.1. The van der Waals surface area contributed by atoms with Crippen molar-refractivity contribution < 1.29 is 4.42 Å². The molecule has 5 heteroatoms. The fraction of sp³-hybridized carbons (Fsp3) is 0. The van der Waals surface area contributed by atoms with Crippen LogP contribution in [0, 0.1) is 0 Å². The molecule has 0 radical (unpaired) electrons. The van der Waals surface area contributed by atoms with Crippen LogP contribution in [0.2, 0.25) is 0 Å². The molecule has 0 fully saturated rings. The maximum Gasteiger partial charge on any atom is 0.164 e. The molecule has 3 aromatic heterocycles. The molecule has 0 bridgehead atoms. The predicted octanol–water partition coefficient (Wildman–Crippen LogP) is 17.7. The Hall–Kier alpha value is -9.71. The molecule has 72 heavy (non-hydrogen) atoms. The first-order chi connectivity index (χ1) is 35.7. The van der Waals surface area contributed by atoms with E-state index in [4.69, 9.17) is 19.4 Å². The van der Waals surface area contributed by atoms with Crippen molar-refractivity contribution in [1.29, 1.82) is 0 Å². The van der Waals surface area contributed by atoms with Crippen molar-refractivity contribution in [3.63, 3.8) is 0 Å². The monoisotopic (exact) mass is 918 g/mol. The molecular formula is C67H42N4O. The number of furan rings is 1. The Balaban J connectivity index is 1.06. The molecule has 3 heterocycles. The summed E-state index contributed by atoms with van der Waals surface area (Å²) in [5.41, 5.74) is 16.2. The molecule has 5 nitrogen and oxygen atoms in total.